The second kappa shape index (κ2) is 4.60. The van der Waals surface area contributed by atoms with E-state index in [0.717, 1.165) is 0 Å². The summed E-state index contributed by atoms with van der Waals surface area (Å²) >= 11 is 0. The Balaban J connectivity index is 2.03. The molecule has 17 heavy (non-hydrogen) atoms. The zero-order valence-electron chi connectivity index (χ0n) is 9.88. The van der Waals surface area contributed by atoms with Gasteiger partial charge in [-0.15, -0.1) is 0 Å². The number of aliphatic hydroxyl groups excluding tert-OH is 1. The Bertz CT molecular complexity index is 369. The summed E-state index contributed by atoms with van der Waals surface area (Å²) in [5.74, 6) is -1.03. The van der Waals surface area contributed by atoms with Crippen molar-refractivity contribution in [3.05, 3.63) is 23.8 Å². The van der Waals surface area contributed by atoms with E-state index in [9.17, 15) is 4.79 Å². The van der Waals surface area contributed by atoms with E-state index in [4.69, 9.17) is 19.3 Å². The third-order valence-electron chi connectivity index (χ3n) is 2.62. The van der Waals surface area contributed by atoms with E-state index < -0.39 is 17.9 Å². The number of cyclic esters (lactones) is 1. The summed E-state index contributed by atoms with van der Waals surface area (Å²) < 4.78 is 16.2. The van der Waals surface area contributed by atoms with Gasteiger partial charge in [-0.3, -0.25) is 0 Å². The number of ether oxygens (including phenoxy) is 3. The Labute approximate surface area is 99.7 Å². The lowest BCUT2D eigenvalue weighted by Gasteiger charge is -2.19. The van der Waals surface area contributed by atoms with E-state index in [1.54, 1.807) is 12.2 Å². The molecular weight excluding hydrogens is 224 g/mol. The van der Waals surface area contributed by atoms with Crippen LogP contribution in [0.2, 0.25) is 0 Å². The Hall–Kier alpha value is -1.17. The van der Waals surface area contributed by atoms with Crippen molar-refractivity contribution < 1.29 is 24.1 Å². The molecule has 0 aromatic heterocycles. The van der Waals surface area contributed by atoms with E-state index in [0.29, 0.717) is 12.2 Å². The molecule has 5 heteroatoms. The van der Waals surface area contributed by atoms with Crippen molar-refractivity contribution in [3.63, 3.8) is 0 Å². The van der Waals surface area contributed by atoms with Gasteiger partial charge >= 0.3 is 5.97 Å². The van der Waals surface area contributed by atoms with E-state index >= 15 is 0 Å². The van der Waals surface area contributed by atoms with E-state index in [-0.39, 0.29) is 12.7 Å². The van der Waals surface area contributed by atoms with Gasteiger partial charge in [0.2, 0.25) is 0 Å². The molecule has 2 heterocycles. The van der Waals surface area contributed by atoms with Crippen LogP contribution in [0.3, 0.4) is 0 Å². The van der Waals surface area contributed by atoms with E-state index in [2.05, 4.69) is 0 Å². The maximum Gasteiger partial charge on any atom is 0.338 e. The molecule has 0 aromatic rings. The summed E-state index contributed by atoms with van der Waals surface area (Å²) in [6.45, 7) is 3.93. The molecule has 0 bridgehead atoms. The topological polar surface area (TPSA) is 65.0 Å². The van der Waals surface area contributed by atoms with Crippen molar-refractivity contribution in [1.82, 2.24) is 0 Å². The maximum atomic E-state index is 11.5. The zero-order valence-corrected chi connectivity index (χ0v) is 9.88. The second-order valence-corrected chi connectivity index (χ2v) is 4.44. The fourth-order valence-electron chi connectivity index (χ4n) is 1.83. The third kappa shape index (κ3) is 2.74. The lowest BCUT2D eigenvalue weighted by molar-refractivity contribution is -0.159. The maximum absolute atomic E-state index is 11.5. The Morgan fingerprint density at radius 2 is 2.35 bits per heavy atom. The SMILES string of the molecule is CC1(C)OC[C@@H]([C@@H]2C=C(/C=C/CO)C(=O)O2)O1. The molecule has 0 saturated carbocycles. The second-order valence-electron chi connectivity index (χ2n) is 4.44. The van der Waals surface area contributed by atoms with Gasteiger partial charge in [0.1, 0.15) is 12.2 Å². The van der Waals surface area contributed by atoms with Gasteiger partial charge in [-0.2, -0.15) is 0 Å². The van der Waals surface area contributed by atoms with E-state index in [1.165, 1.54) is 6.08 Å². The molecular formula is C12H16O5. The molecule has 2 atom stereocenters. The van der Waals surface area contributed by atoms with Gasteiger partial charge in [0.25, 0.3) is 0 Å². The Morgan fingerprint density at radius 1 is 1.59 bits per heavy atom. The standard InChI is InChI=1S/C12H16O5/c1-12(2)15-7-10(17-12)9-6-8(4-3-5-13)11(14)16-9/h3-4,6,9-10,13H,5,7H2,1-2H3/b4-3+/t9-,10-/m0/s1. The summed E-state index contributed by atoms with van der Waals surface area (Å²) in [4.78, 5) is 11.5. The minimum absolute atomic E-state index is 0.106. The number of hydrogen-bond acceptors (Lipinski definition) is 5. The lowest BCUT2D eigenvalue weighted by atomic mass is 10.1. The number of aliphatic hydroxyl groups is 1. The molecule has 0 aromatic carbocycles. The predicted molar refractivity (Wildman–Crippen MR) is 59.1 cm³/mol. The molecule has 1 saturated heterocycles. The fourth-order valence-corrected chi connectivity index (χ4v) is 1.83. The van der Waals surface area contributed by atoms with Gasteiger partial charge in [0.05, 0.1) is 18.8 Å². The smallest absolute Gasteiger partial charge is 0.338 e. The largest absolute Gasteiger partial charge is 0.452 e. The number of carbonyl (C=O) groups is 1. The zero-order chi connectivity index (χ0) is 12.5. The highest BCUT2D eigenvalue weighted by atomic mass is 16.8. The molecule has 2 rings (SSSR count). The first-order chi connectivity index (χ1) is 8.02. The van der Waals surface area contributed by atoms with Crippen LogP contribution in [0.4, 0.5) is 0 Å². The highest BCUT2D eigenvalue weighted by Crippen LogP contribution is 2.29. The monoisotopic (exact) mass is 240 g/mol. The van der Waals surface area contributed by atoms with Crippen LogP contribution >= 0.6 is 0 Å². The van der Waals surface area contributed by atoms with Gasteiger partial charge in [-0.05, 0) is 26.0 Å². The number of hydrogen-bond donors (Lipinski definition) is 1. The summed E-state index contributed by atoms with van der Waals surface area (Å²) in [7, 11) is 0. The minimum atomic E-state index is -0.630. The molecule has 0 aliphatic carbocycles. The van der Waals surface area contributed by atoms with Crippen molar-refractivity contribution in [1.29, 1.82) is 0 Å². The fraction of sp³-hybridized carbons (Fsp3) is 0.583. The first-order valence-electron chi connectivity index (χ1n) is 5.54. The van der Waals surface area contributed by atoms with Crippen molar-refractivity contribution in [2.24, 2.45) is 0 Å². The number of esters is 1. The van der Waals surface area contributed by atoms with Crippen molar-refractivity contribution in [2.45, 2.75) is 31.8 Å². The molecule has 0 amide bonds. The summed E-state index contributed by atoms with van der Waals surface area (Å²) in [5, 5.41) is 8.65. The normalized spacial score (nSPS) is 31.9. The molecule has 2 aliphatic rings. The molecule has 0 spiro atoms. The van der Waals surface area contributed by atoms with Crippen LogP contribution < -0.4 is 0 Å². The highest BCUT2D eigenvalue weighted by Gasteiger charge is 2.40. The molecule has 1 N–H and O–H groups in total. The van der Waals surface area contributed by atoms with Gasteiger partial charge in [0, 0.05) is 0 Å². The number of carbonyl (C=O) groups excluding carboxylic acids is 1. The molecule has 1 fully saturated rings. The summed E-state index contributed by atoms with van der Waals surface area (Å²) in [5.41, 5.74) is 0.442. The molecule has 5 nitrogen and oxygen atoms in total. The average Bonchev–Trinajstić information content (AvgIpc) is 2.79. The minimum Gasteiger partial charge on any atom is -0.452 e. The average molecular weight is 240 g/mol. The lowest BCUT2D eigenvalue weighted by Crippen LogP contribution is -2.30. The van der Waals surface area contributed by atoms with Crippen LogP contribution in [0, 0.1) is 0 Å². The first-order valence-corrected chi connectivity index (χ1v) is 5.54. The molecule has 0 radical (unpaired) electrons. The third-order valence-corrected chi connectivity index (χ3v) is 2.62. The van der Waals surface area contributed by atoms with Crippen LogP contribution in [-0.2, 0) is 19.0 Å². The van der Waals surface area contributed by atoms with Crippen molar-refractivity contribution in [2.75, 3.05) is 13.2 Å². The van der Waals surface area contributed by atoms with Crippen LogP contribution in [0.5, 0.6) is 0 Å². The van der Waals surface area contributed by atoms with Crippen LogP contribution in [0.15, 0.2) is 23.8 Å². The summed E-state index contributed by atoms with van der Waals surface area (Å²) in [6, 6.07) is 0. The van der Waals surface area contributed by atoms with Crippen LogP contribution in [0.25, 0.3) is 0 Å². The molecule has 94 valence electrons. The van der Waals surface area contributed by atoms with Crippen molar-refractivity contribution in [3.8, 4) is 0 Å². The van der Waals surface area contributed by atoms with Crippen LogP contribution in [0.1, 0.15) is 13.8 Å². The Kier molecular flexibility index (Phi) is 3.33. The first kappa shape index (κ1) is 12.3. The highest BCUT2D eigenvalue weighted by molar-refractivity contribution is 5.93. The molecule has 2 aliphatic heterocycles. The Morgan fingerprint density at radius 3 is 2.94 bits per heavy atom. The van der Waals surface area contributed by atoms with Crippen LogP contribution in [-0.4, -0.2) is 42.3 Å². The van der Waals surface area contributed by atoms with Gasteiger partial charge in [-0.25, -0.2) is 4.79 Å². The molecule has 0 unspecified atom stereocenters. The van der Waals surface area contributed by atoms with Gasteiger partial charge in [0.15, 0.2) is 5.79 Å². The van der Waals surface area contributed by atoms with E-state index in [1.807, 2.05) is 13.8 Å². The van der Waals surface area contributed by atoms with Gasteiger partial charge in [-0.1, -0.05) is 6.08 Å². The summed E-state index contributed by atoms with van der Waals surface area (Å²) in [6.07, 6.45) is 4.05. The predicted octanol–water partition coefficient (Wildman–Crippen LogP) is 0.538. The quantitative estimate of drug-likeness (QED) is 0.729. The number of rotatable bonds is 3. The van der Waals surface area contributed by atoms with Crippen molar-refractivity contribution >= 4 is 5.97 Å². The van der Waals surface area contributed by atoms with Gasteiger partial charge < -0.3 is 19.3 Å².